The molecule has 2 aliphatic rings. The van der Waals surface area contributed by atoms with Crippen molar-refractivity contribution < 1.29 is 9.47 Å². The molecule has 0 saturated carbocycles. The molecule has 2 atom stereocenters. The molecule has 25 heavy (non-hydrogen) atoms. The zero-order valence-electron chi connectivity index (χ0n) is 15.7. The maximum atomic E-state index is 5.89. The van der Waals surface area contributed by atoms with E-state index in [-0.39, 0.29) is 30.1 Å². The first-order valence-corrected chi connectivity index (χ1v) is 8.92. The molecule has 5 nitrogen and oxygen atoms in total. The van der Waals surface area contributed by atoms with E-state index in [4.69, 9.17) is 9.47 Å². The molecular formula is C19H30IN3O2. The van der Waals surface area contributed by atoms with Gasteiger partial charge >= 0.3 is 0 Å². The summed E-state index contributed by atoms with van der Waals surface area (Å²) in [7, 11) is 3.58. The highest BCUT2D eigenvalue weighted by molar-refractivity contribution is 14.0. The third kappa shape index (κ3) is 4.71. The molecule has 3 rings (SSSR count). The van der Waals surface area contributed by atoms with Crippen LogP contribution in [-0.2, 0) is 13.0 Å². The van der Waals surface area contributed by atoms with Crippen LogP contribution in [0.25, 0.3) is 0 Å². The monoisotopic (exact) mass is 459 g/mol. The van der Waals surface area contributed by atoms with E-state index in [0.29, 0.717) is 6.54 Å². The molecule has 1 fully saturated rings. The first-order valence-electron chi connectivity index (χ1n) is 8.92. The third-order valence-electron chi connectivity index (χ3n) is 4.90. The Labute approximate surface area is 168 Å². The van der Waals surface area contributed by atoms with Gasteiger partial charge in [0.15, 0.2) is 5.96 Å². The van der Waals surface area contributed by atoms with Crippen molar-refractivity contribution >= 4 is 29.9 Å². The number of guanidine groups is 1. The topological polar surface area (TPSA) is 46.1 Å². The Kier molecular flexibility index (Phi) is 7.22. The van der Waals surface area contributed by atoms with Crippen LogP contribution in [0.2, 0.25) is 0 Å². The molecule has 6 heteroatoms. The molecule has 2 unspecified atom stereocenters. The van der Waals surface area contributed by atoms with Gasteiger partial charge in [0.2, 0.25) is 0 Å². The van der Waals surface area contributed by atoms with Crippen molar-refractivity contribution in [2.75, 3.05) is 27.2 Å². The van der Waals surface area contributed by atoms with Gasteiger partial charge in [0.1, 0.15) is 17.6 Å². The van der Waals surface area contributed by atoms with Crippen molar-refractivity contribution in [2.45, 2.75) is 45.8 Å². The number of nitrogens with zero attached hydrogens (tertiary/aromatic N) is 2. The Morgan fingerprint density at radius 1 is 1.40 bits per heavy atom. The lowest BCUT2D eigenvalue weighted by Crippen LogP contribution is -2.45. The van der Waals surface area contributed by atoms with E-state index in [9.17, 15) is 0 Å². The van der Waals surface area contributed by atoms with E-state index >= 15 is 0 Å². The highest BCUT2D eigenvalue weighted by Gasteiger charge is 2.23. The van der Waals surface area contributed by atoms with Crippen LogP contribution in [0.3, 0.4) is 0 Å². The van der Waals surface area contributed by atoms with Gasteiger partial charge in [0.25, 0.3) is 0 Å². The average molecular weight is 459 g/mol. The van der Waals surface area contributed by atoms with Crippen LogP contribution >= 0.6 is 24.0 Å². The van der Waals surface area contributed by atoms with Gasteiger partial charge in [-0.3, -0.25) is 4.99 Å². The van der Waals surface area contributed by atoms with Crippen molar-refractivity contribution in [3.05, 3.63) is 23.3 Å². The first-order chi connectivity index (χ1) is 11.6. The second kappa shape index (κ2) is 8.96. The number of nitrogens with one attached hydrogen (secondary N) is 1. The number of hydrogen-bond donors (Lipinski definition) is 1. The number of piperidine rings is 1. The molecule has 2 aliphatic heterocycles. The summed E-state index contributed by atoms with van der Waals surface area (Å²) in [5, 5.41) is 3.49. The van der Waals surface area contributed by atoms with E-state index < -0.39 is 0 Å². The maximum Gasteiger partial charge on any atom is 0.193 e. The van der Waals surface area contributed by atoms with Gasteiger partial charge in [-0.25, -0.2) is 0 Å². The van der Waals surface area contributed by atoms with Crippen molar-refractivity contribution in [1.82, 2.24) is 10.2 Å². The molecule has 0 amide bonds. The smallest absolute Gasteiger partial charge is 0.193 e. The standard InChI is InChI=1S/C19H29N3O2.HI/c1-13-6-5-7-22(12-13)19(20-3)21-11-16-10-18-15(8-14(2)24-18)9-17(16)23-4;/h9-10,13-14H,5-8,11-12H2,1-4H3,(H,20,21);1H. The van der Waals surface area contributed by atoms with Gasteiger partial charge in [-0.15, -0.1) is 24.0 Å². The zero-order chi connectivity index (χ0) is 17.1. The lowest BCUT2D eigenvalue weighted by atomic mass is 10.0. The molecule has 1 saturated heterocycles. The van der Waals surface area contributed by atoms with Crippen LogP contribution in [0.4, 0.5) is 0 Å². The third-order valence-corrected chi connectivity index (χ3v) is 4.90. The highest BCUT2D eigenvalue weighted by atomic mass is 127. The molecular weight excluding hydrogens is 429 g/mol. The van der Waals surface area contributed by atoms with Gasteiger partial charge in [0, 0.05) is 44.2 Å². The Morgan fingerprint density at radius 3 is 2.88 bits per heavy atom. The molecule has 1 aromatic rings. The summed E-state index contributed by atoms with van der Waals surface area (Å²) in [6.45, 7) is 7.24. The minimum Gasteiger partial charge on any atom is -0.496 e. The SMILES string of the molecule is CN=C(NCc1cc2c(cc1OC)CC(C)O2)N1CCCC(C)C1.I. The van der Waals surface area contributed by atoms with E-state index in [2.05, 4.69) is 41.2 Å². The van der Waals surface area contributed by atoms with E-state index in [0.717, 1.165) is 48.5 Å². The minimum absolute atomic E-state index is 0. The number of fused-ring (bicyclic) bond motifs is 1. The number of rotatable bonds is 3. The fourth-order valence-corrected chi connectivity index (χ4v) is 3.70. The quantitative estimate of drug-likeness (QED) is 0.428. The van der Waals surface area contributed by atoms with Crippen molar-refractivity contribution in [2.24, 2.45) is 10.9 Å². The Balaban J connectivity index is 0.00000225. The van der Waals surface area contributed by atoms with Crippen LogP contribution in [0.1, 0.15) is 37.8 Å². The molecule has 2 heterocycles. The number of aliphatic imine (C=N–C) groups is 1. The predicted molar refractivity (Wildman–Crippen MR) is 112 cm³/mol. The van der Waals surface area contributed by atoms with Crippen molar-refractivity contribution in [3.8, 4) is 11.5 Å². The zero-order valence-corrected chi connectivity index (χ0v) is 18.0. The Bertz CT molecular complexity index is 621. The summed E-state index contributed by atoms with van der Waals surface area (Å²) in [5.74, 6) is 3.60. The van der Waals surface area contributed by atoms with E-state index in [1.165, 1.54) is 18.4 Å². The second-order valence-corrected chi connectivity index (χ2v) is 7.00. The minimum atomic E-state index is 0. The largest absolute Gasteiger partial charge is 0.496 e. The number of halogens is 1. The summed E-state index contributed by atoms with van der Waals surface area (Å²) in [4.78, 5) is 6.81. The average Bonchev–Trinajstić information content (AvgIpc) is 2.93. The summed E-state index contributed by atoms with van der Waals surface area (Å²) >= 11 is 0. The summed E-state index contributed by atoms with van der Waals surface area (Å²) in [6.07, 6.45) is 3.74. The molecule has 1 aromatic carbocycles. The van der Waals surface area contributed by atoms with Crippen LogP contribution < -0.4 is 14.8 Å². The fourth-order valence-electron chi connectivity index (χ4n) is 3.70. The van der Waals surface area contributed by atoms with Crippen LogP contribution in [0, 0.1) is 5.92 Å². The van der Waals surface area contributed by atoms with Crippen LogP contribution in [0.15, 0.2) is 17.1 Å². The molecule has 0 aromatic heterocycles. The van der Waals surface area contributed by atoms with Crippen molar-refractivity contribution in [1.29, 1.82) is 0 Å². The highest BCUT2D eigenvalue weighted by Crippen LogP contribution is 2.34. The summed E-state index contributed by atoms with van der Waals surface area (Å²) < 4.78 is 11.5. The van der Waals surface area contributed by atoms with Gasteiger partial charge in [-0.1, -0.05) is 6.92 Å². The van der Waals surface area contributed by atoms with Gasteiger partial charge in [0.05, 0.1) is 7.11 Å². The van der Waals surface area contributed by atoms with Gasteiger partial charge in [-0.05, 0) is 37.8 Å². The maximum absolute atomic E-state index is 5.89. The summed E-state index contributed by atoms with van der Waals surface area (Å²) in [6, 6.07) is 4.22. The molecule has 0 spiro atoms. The second-order valence-electron chi connectivity index (χ2n) is 7.00. The number of benzene rings is 1. The predicted octanol–water partition coefficient (Wildman–Crippen LogP) is 3.44. The van der Waals surface area contributed by atoms with Gasteiger partial charge in [-0.2, -0.15) is 0 Å². The number of ether oxygens (including phenoxy) is 2. The van der Waals surface area contributed by atoms with Crippen LogP contribution in [0.5, 0.6) is 11.5 Å². The molecule has 0 aliphatic carbocycles. The summed E-state index contributed by atoms with van der Waals surface area (Å²) in [5.41, 5.74) is 2.34. The fraction of sp³-hybridized carbons (Fsp3) is 0.632. The number of methoxy groups -OCH3 is 1. The van der Waals surface area contributed by atoms with E-state index in [1.807, 2.05) is 7.05 Å². The molecule has 0 radical (unpaired) electrons. The van der Waals surface area contributed by atoms with Gasteiger partial charge < -0.3 is 19.7 Å². The normalized spacial score (nSPS) is 22.7. The lowest BCUT2D eigenvalue weighted by molar-refractivity contribution is 0.254. The molecule has 140 valence electrons. The molecule has 0 bridgehead atoms. The number of hydrogen-bond acceptors (Lipinski definition) is 3. The lowest BCUT2D eigenvalue weighted by Gasteiger charge is -2.33. The Hall–Kier alpha value is -1.18. The number of likely N-dealkylation sites (tertiary alicyclic amines) is 1. The Morgan fingerprint density at radius 2 is 2.20 bits per heavy atom. The molecule has 1 N–H and O–H groups in total. The van der Waals surface area contributed by atoms with E-state index in [1.54, 1.807) is 7.11 Å². The van der Waals surface area contributed by atoms with Crippen molar-refractivity contribution in [3.63, 3.8) is 0 Å². The van der Waals surface area contributed by atoms with Crippen LogP contribution in [-0.4, -0.2) is 44.2 Å². The first kappa shape index (κ1) is 20.1.